The summed E-state index contributed by atoms with van der Waals surface area (Å²) in [7, 11) is 1.55. The zero-order valence-electron chi connectivity index (χ0n) is 5.55. The molecule has 0 radical (unpaired) electrons. The number of hydrogen-bond acceptors (Lipinski definition) is 3. The molecule has 0 aromatic rings. The average molecular weight is 127 g/mol. The van der Waals surface area contributed by atoms with E-state index in [1.54, 1.807) is 14.0 Å². The van der Waals surface area contributed by atoms with E-state index in [9.17, 15) is 4.79 Å². The van der Waals surface area contributed by atoms with Gasteiger partial charge in [0.25, 0.3) is 0 Å². The molecule has 0 unspecified atom stereocenters. The maximum Gasteiger partial charge on any atom is 0.336 e. The van der Waals surface area contributed by atoms with Gasteiger partial charge in [-0.3, -0.25) is 4.99 Å². The van der Waals surface area contributed by atoms with Crippen molar-refractivity contribution in [3.05, 3.63) is 12.7 Å². The number of nitrogens with zero attached hydrogens (tertiary/aromatic N) is 1. The van der Waals surface area contributed by atoms with E-state index in [0.717, 1.165) is 6.08 Å². The minimum atomic E-state index is -0.474. The molecule has 0 aliphatic heterocycles. The minimum absolute atomic E-state index is 0.347. The van der Waals surface area contributed by atoms with Crippen molar-refractivity contribution in [1.82, 2.24) is 0 Å². The van der Waals surface area contributed by atoms with Crippen LogP contribution in [0.2, 0.25) is 0 Å². The lowest BCUT2D eigenvalue weighted by Crippen LogP contribution is -2.05. The number of esters is 1. The number of hydrogen-bond donors (Lipinski definition) is 0. The summed E-state index contributed by atoms with van der Waals surface area (Å²) in [6.45, 7) is 4.82. The van der Waals surface area contributed by atoms with Crippen LogP contribution < -0.4 is 0 Å². The first-order valence-electron chi connectivity index (χ1n) is 2.48. The normalized spacial score (nSPS) is 10.7. The third kappa shape index (κ3) is 3.46. The van der Waals surface area contributed by atoms with Gasteiger partial charge in [0.2, 0.25) is 0 Å². The van der Waals surface area contributed by atoms with Crippen molar-refractivity contribution < 1.29 is 9.53 Å². The summed E-state index contributed by atoms with van der Waals surface area (Å²) in [6.07, 6.45) is 1.09. The van der Waals surface area contributed by atoms with Crippen molar-refractivity contribution in [3.8, 4) is 0 Å². The zero-order valence-corrected chi connectivity index (χ0v) is 5.55. The lowest BCUT2D eigenvalue weighted by atomic mass is 10.6. The Morgan fingerprint density at radius 2 is 2.33 bits per heavy atom. The molecule has 0 aliphatic carbocycles. The van der Waals surface area contributed by atoms with Gasteiger partial charge in [0, 0.05) is 20.0 Å². The fourth-order valence-electron chi connectivity index (χ4n) is 0.233. The summed E-state index contributed by atoms with van der Waals surface area (Å²) in [5.41, 5.74) is 0. The molecule has 0 aliphatic rings. The number of carbonyl (C=O) groups excluding carboxylic acids is 1. The van der Waals surface area contributed by atoms with E-state index in [-0.39, 0.29) is 0 Å². The molecule has 3 nitrogen and oxygen atoms in total. The molecule has 0 aromatic heterocycles. The van der Waals surface area contributed by atoms with Crippen LogP contribution >= 0.6 is 0 Å². The average Bonchev–Trinajstić information content (AvgIpc) is 1.87. The molecule has 0 heterocycles. The van der Waals surface area contributed by atoms with Crippen molar-refractivity contribution in [2.45, 2.75) is 6.92 Å². The van der Waals surface area contributed by atoms with Gasteiger partial charge in [-0.25, -0.2) is 4.79 Å². The Balaban J connectivity index is 3.74. The van der Waals surface area contributed by atoms with Gasteiger partial charge >= 0.3 is 5.97 Å². The Labute approximate surface area is 54.0 Å². The highest BCUT2D eigenvalue weighted by molar-refractivity contribution is 5.92. The van der Waals surface area contributed by atoms with E-state index in [1.165, 1.54) is 0 Å². The predicted octanol–water partition coefficient (Wildman–Crippen LogP) is 0.764. The molecular weight excluding hydrogens is 118 g/mol. The summed E-state index contributed by atoms with van der Waals surface area (Å²) >= 11 is 0. The van der Waals surface area contributed by atoms with Gasteiger partial charge in [-0.2, -0.15) is 0 Å². The second-order valence-electron chi connectivity index (χ2n) is 1.37. The molecule has 0 saturated heterocycles. The zero-order chi connectivity index (χ0) is 7.28. The molecule has 0 amide bonds. The highest BCUT2D eigenvalue weighted by Gasteiger charge is 1.95. The van der Waals surface area contributed by atoms with Crippen LogP contribution in [0.4, 0.5) is 0 Å². The maximum absolute atomic E-state index is 10.4. The summed E-state index contributed by atoms with van der Waals surface area (Å²) in [5.74, 6) is -0.127. The number of ether oxygens (including phenoxy) is 1. The Hall–Kier alpha value is -1.12. The van der Waals surface area contributed by atoms with Crippen LogP contribution in [0.15, 0.2) is 17.6 Å². The van der Waals surface area contributed by atoms with Crippen LogP contribution in [0.25, 0.3) is 0 Å². The highest BCUT2D eigenvalue weighted by atomic mass is 16.5. The topological polar surface area (TPSA) is 38.7 Å². The van der Waals surface area contributed by atoms with Crippen molar-refractivity contribution in [2.75, 3.05) is 7.05 Å². The van der Waals surface area contributed by atoms with Crippen LogP contribution in [0.5, 0.6) is 0 Å². The van der Waals surface area contributed by atoms with Gasteiger partial charge in [-0.1, -0.05) is 6.58 Å². The van der Waals surface area contributed by atoms with Gasteiger partial charge in [0.05, 0.1) is 0 Å². The van der Waals surface area contributed by atoms with Crippen LogP contribution in [0.1, 0.15) is 6.92 Å². The van der Waals surface area contributed by atoms with Crippen LogP contribution in [0, 0.1) is 0 Å². The smallest absolute Gasteiger partial charge is 0.336 e. The van der Waals surface area contributed by atoms with Crippen LogP contribution in [-0.2, 0) is 9.53 Å². The molecule has 0 saturated carbocycles. The number of carbonyl (C=O) groups is 1. The third-order valence-electron chi connectivity index (χ3n) is 0.730. The molecule has 0 fully saturated rings. The summed E-state index contributed by atoms with van der Waals surface area (Å²) in [4.78, 5) is 14.0. The Morgan fingerprint density at radius 1 is 1.78 bits per heavy atom. The quantitative estimate of drug-likeness (QED) is 0.226. The Bertz CT molecular complexity index is 149. The molecule has 0 atom stereocenters. The largest absolute Gasteiger partial charge is 0.409 e. The Morgan fingerprint density at radius 3 is 2.67 bits per heavy atom. The second kappa shape index (κ2) is 3.83. The summed E-state index contributed by atoms with van der Waals surface area (Å²) < 4.78 is 4.54. The first-order chi connectivity index (χ1) is 4.20. The monoisotopic (exact) mass is 127 g/mol. The van der Waals surface area contributed by atoms with E-state index < -0.39 is 5.97 Å². The third-order valence-corrected chi connectivity index (χ3v) is 0.730. The molecular formula is C6H9NO2. The fourth-order valence-corrected chi connectivity index (χ4v) is 0.233. The first kappa shape index (κ1) is 7.88. The van der Waals surface area contributed by atoms with Gasteiger partial charge in [0.1, 0.15) is 0 Å². The SMILES string of the molecule is C=CC(=O)O/C(C)=N/C. The van der Waals surface area contributed by atoms with Gasteiger partial charge in [-0.15, -0.1) is 0 Å². The van der Waals surface area contributed by atoms with E-state index in [0.29, 0.717) is 5.90 Å². The van der Waals surface area contributed by atoms with Crippen molar-refractivity contribution in [3.63, 3.8) is 0 Å². The van der Waals surface area contributed by atoms with Crippen molar-refractivity contribution in [2.24, 2.45) is 4.99 Å². The fraction of sp³-hybridized carbons (Fsp3) is 0.333. The predicted molar refractivity (Wildman–Crippen MR) is 35.3 cm³/mol. The Kier molecular flexibility index (Phi) is 3.35. The van der Waals surface area contributed by atoms with E-state index in [4.69, 9.17) is 0 Å². The molecule has 50 valence electrons. The number of rotatable bonds is 1. The minimum Gasteiger partial charge on any atom is -0.409 e. The standard InChI is InChI=1S/C6H9NO2/c1-4-6(8)9-5(2)7-3/h4H,1H2,2-3H3/b7-5+. The van der Waals surface area contributed by atoms with E-state index in [1.807, 2.05) is 0 Å². The van der Waals surface area contributed by atoms with Crippen LogP contribution in [-0.4, -0.2) is 18.9 Å². The lowest BCUT2D eigenvalue weighted by Gasteiger charge is -1.95. The first-order valence-corrected chi connectivity index (χ1v) is 2.48. The van der Waals surface area contributed by atoms with Gasteiger partial charge in [-0.05, 0) is 0 Å². The van der Waals surface area contributed by atoms with Gasteiger partial charge in [0.15, 0.2) is 5.90 Å². The molecule has 0 rings (SSSR count). The molecule has 0 aromatic carbocycles. The van der Waals surface area contributed by atoms with Gasteiger partial charge < -0.3 is 4.74 Å². The number of aliphatic imine (C=N–C) groups is 1. The summed E-state index contributed by atoms with van der Waals surface area (Å²) in [5, 5.41) is 0. The van der Waals surface area contributed by atoms with Crippen LogP contribution in [0.3, 0.4) is 0 Å². The molecule has 9 heavy (non-hydrogen) atoms. The maximum atomic E-state index is 10.4. The molecule has 0 bridgehead atoms. The highest BCUT2D eigenvalue weighted by Crippen LogP contribution is 1.81. The van der Waals surface area contributed by atoms with E-state index in [2.05, 4.69) is 16.3 Å². The molecule has 0 spiro atoms. The van der Waals surface area contributed by atoms with Crippen molar-refractivity contribution in [1.29, 1.82) is 0 Å². The molecule has 0 N–H and O–H groups in total. The lowest BCUT2D eigenvalue weighted by molar-refractivity contribution is -0.130. The van der Waals surface area contributed by atoms with Crippen molar-refractivity contribution >= 4 is 11.9 Å². The second-order valence-corrected chi connectivity index (χ2v) is 1.37. The van der Waals surface area contributed by atoms with E-state index >= 15 is 0 Å². The molecule has 3 heteroatoms. The summed E-state index contributed by atoms with van der Waals surface area (Å²) in [6, 6.07) is 0.